The Labute approximate surface area is 112 Å². The average Bonchev–Trinajstić information content (AvgIpc) is 2.90. The highest BCUT2D eigenvalue weighted by atomic mass is 32.1. The largest absolute Gasteiger partial charge is 0.327 e. The van der Waals surface area contributed by atoms with E-state index in [9.17, 15) is 0 Å². The van der Waals surface area contributed by atoms with Gasteiger partial charge < -0.3 is 5.73 Å². The van der Waals surface area contributed by atoms with Crippen molar-refractivity contribution in [3.05, 3.63) is 23.5 Å². The van der Waals surface area contributed by atoms with Crippen molar-refractivity contribution in [1.29, 1.82) is 0 Å². The van der Waals surface area contributed by atoms with Crippen molar-refractivity contribution in [2.24, 2.45) is 11.7 Å². The Hall–Kier alpha value is -0.870. The maximum atomic E-state index is 6.28. The molecule has 1 aliphatic rings. The number of hydrogen-bond donors (Lipinski definition) is 1. The minimum atomic E-state index is 0.276. The van der Waals surface area contributed by atoms with Gasteiger partial charge in [0, 0.05) is 30.2 Å². The molecule has 0 aromatic carbocycles. The molecule has 18 heavy (non-hydrogen) atoms. The van der Waals surface area contributed by atoms with Gasteiger partial charge in [0.1, 0.15) is 0 Å². The molecule has 1 aliphatic carbocycles. The average molecular weight is 263 g/mol. The Morgan fingerprint density at radius 3 is 3.00 bits per heavy atom. The lowest BCUT2D eigenvalue weighted by atomic mass is 9.84. The first kappa shape index (κ1) is 12.2. The molecular formula is C14H21N3S. The molecule has 0 saturated heterocycles. The molecule has 4 heteroatoms. The minimum absolute atomic E-state index is 0.276. The second-order valence-electron chi connectivity index (χ2n) is 5.53. The number of rotatable bonds is 4. The summed E-state index contributed by atoms with van der Waals surface area (Å²) in [5.74, 6) is 0.859. The second kappa shape index (κ2) is 5.41. The topological polar surface area (TPSA) is 43.3 Å². The SMILES string of the molecule is NC(Cc1cn2ccsc2n1)CC1CCCCC1. The summed E-state index contributed by atoms with van der Waals surface area (Å²) in [5, 5.41) is 2.06. The quantitative estimate of drug-likeness (QED) is 0.920. The molecule has 2 aromatic rings. The first-order valence-corrected chi connectivity index (χ1v) is 7.86. The summed E-state index contributed by atoms with van der Waals surface area (Å²) in [7, 11) is 0. The number of nitrogens with two attached hydrogens (primary N) is 1. The highest BCUT2D eigenvalue weighted by Crippen LogP contribution is 2.27. The molecule has 98 valence electrons. The lowest BCUT2D eigenvalue weighted by molar-refractivity contribution is 0.316. The van der Waals surface area contributed by atoms with Crippen LogP contribution in [0, 0.1) is 5.92 Å². The van der Waals surface area contributed by atoms with Gasteiger partial charge in [0.2, 0.25) is 0 Å². The Bertz CT molecular complexity index is 467. The molecule has 1 unspecified atom stereocenters. The van der Waals surface area contributed by atoms with Crippen LogP contribution in [-0.2, 0) is 6.42 Å². The Morgan fingerprint density at radius 1 is 1.39 bits per heavy atom. The summed E-state index contributed by atoms with van der Waals surface area (Å²) in [6.07, 6.45) is 13.3. The van der Waals surface area contributed by atoms with Gasteiger partial charge in [-0.15, -0.1) is 11.3 Å². The van der Waals surface area contributed by atoms with E-state index in [4.69, 9.17) is 5.73 Å². The number of hydrogen-bond acceptors (Lipinski definition) is 3. The van der Waals surface area contributed by atoms with E-state index in [-0.39, 0.29) is 6.04 Å². The molecule has 0 aliphatic heterocycles. The van der Waals surface area contributed by atoms with Crippen LogP contribution in [0.3, 0.4) is 0 Å². The molecule has 1 atom stereocenters. The molecule has 1 saturated carbocycles. The fraction of sp³-hybridized carbons (Fsp3) is 0.643. The monoisotopic (exact) mass is 263 g/mol. The zero-order chi connectivity index (χ0) is 12.4. The maximum Gasteiger partial charge on any atom is 0.193 e. The third kappa shape index (κ3) is 2.75. The van der Waals surface area contributed by atoms with Gasteiger partial charge in [-0.3, -0.25) is 4.40 Å². The molecule has 1 fully saturated rings. The van der Waals surface area contributed by atoms with Gasteiger partial charge in [-0.25, -0.2) is 4.98 Å². The van der Waals surface area contributed by atoms with E-state index in [1.807, 2.05) is 0 Å². The van der Waals surface area contributed by atoms with Crippen LogP contribution in [0.15, 0.2) is 17.8 Å². The highest BCUT2D eigenvalue weighted by Gasteiger charge is 2.17. The predicted molar refractivity (Wildman–Crippen MR) is 75.9 cm³/mol. The van der Waals surface area contributed by atoms with E-state index in [1.54, 1.807) is 11.3 Å². The van der Waals surface area contributed by atoms with Crippen molar-refractivity contribution >= 4 is 16.3 Å². The van der Waals surface area contributed by atoms with Crippen LogP contribution < -0.4 is 5.73 Å². The molecule has 0 spiro atoms. The Kier molecular flexibility index (Phi) is 3.66. The van der Waals surface area contributed by atoms with Crippen molar-refractivity contribution in [3.8, 4) is 0 Å². The first-order valence-electron chi connectivity index (χ1n) is 6.98. The number of imidazole rings is 1. The predicted octanol–water partition coefficient (Wildman–Crippen LogP) is 3.24. The summed E-state index contributed by atoms with van der Waals surface area (Å²) in [6.45, 7) is 0. The molecule has 2 N–H and O–H groups in total. The van der Waals surface area contributed by atoms with Crippen LogP contribution in [0.2, 0.25) is 0 Å². The van der Waals surface area contributed by atoms with Crippen molar-refractivity contribution in [2.75, 3.05) is 0 Å². The van der Waals surface area contributed by atoms with E-state index in [0.29, 0.717) is 0 Å². The van der Waals surface area contributed by atoms with Crippen molar-refractivity contribution in [2.45, 2.75) is 51.0 Å². The number of nitrogens with zero attached hydrogens (tertiary/aromatic N) is 2. The Morgan fingerprint density at radius 2 is 2.22 bits per heavy atom. The standard InChI is InChI=1S/C14H21N3S/c15-12(8-11-4-2-1-3-5-11)9-13-10-17-6-7-18-14(17)16-13/h6-7,10-12H,1-5,8-9,15H2. The second-order valence-corrected chi connectivity index (χ2v) is 6.40. The van der Waals surface area contributed by atoms with Crippen LogP contribution >= 0.6 is 11.3 Å². The third-order valence-electron chi connectivity index (χ3n) is 3.98. The van der Waals surface area contributed by atoms with Crippen LogP contribution in [-0.4, -0.2) is 15.4 Å². The van der Waals surface area contributed by atoms with Gasteiger partial charge in [0.15, 0.2) is 4.96 Å². The zero-order valence-corrected chi connectivity index (χ0v) is 11.5. The summed E-state index contributed by atoms with van der Waals surface area (Å²) >= 11 is 1.68. The van der Waals surface area contributed by atoms with Gasteiger partial charge >= 0.3 is 0 Å². The highest BCUT2D eigenvalue weighted by molar-refractivity contribution is 7.15. The van der Waals surface area contributed by atoms with E-state index in [2.05, 4.69) is 27.2 Å². The van der Waals surface area contributed by atoms with Crippen LogP contribution in [0.4, 0.5) is 0 Å². The fourth-order valence-corrected chi connectivity index (χ4v) is 3.80. The number of fused-ring (bicyclic) bond motifs is 1. The first-order chi connectivity index (χ1) is 8.81. The molecule has 2 heterocycles. The molecule has 0 bridgehead atoms. The fourth-order valence-electron chi connectivity index (χ4n) is 3.08. The molecule has 2 aromatic heterocycles. The van der Waals surface area contributed by atoms with E-state index in [1.165, 1.54) is 38.5 Å². The van der Waals surface area contributed by atoms with Crippen molar-refractivity contribution in [1.82, 2.24) is 9.38 Å². The van der Waals surface area contributed by atoms with Crippen molar-refractivity contribution in [3.63, 3.8) is 0 Å². The van der Waals surface area contributed by atoms with E-state index in [0.717, 1.165) is 23.0 Å². The number of aromatic nitrogens is 2. The normalized spacial score (nSPS) is 19.4. The Balaban J connectivity index is 1.56. The van der Waals surface area contributed by atoms with E-state index < -0.39 is 0 Å². The van der Waals surface area contributed by atoms with Gasteiger partial charge in [0.05, 0.1) is 5.69 Å². The van der Waals surface area contributed by atoms with Gasteiger partial charge in [-0.05, 0) is 12.3 Å². The van der Waals surface area contributed by atoms with Gasteiger partial charge in [0.25, 0.3) is 0 Å². The van der Waals surface area contributed by atoms with Gasteiger partial charge in [-0.2, -0.15) is 0 Å². The van der Waals surface area contributed by atoms with Crippen LogP contribution in [0.5, 0.6) is 0 Å². The lowest BCUT2D eigenvalue weighted by Gasteiger charge is -2.24. The molecule has 0 amide bonds. The van der Waals surface area contributed by atoms with Gasteiger partial charge in [-0.1, -0.05) is 32.1 Å². The smallest absolute Gasteiger partial charge is 0.193 e. The molecular weight excluding hydrogens is 242 g/mol. The maximum absolute atomic E-state index is 6.28. The van der Waals surface area contributed by atoms with Crippen LogP contribution in [0.25, 0.3) is 4.96 Å². The van der Waals surface area contributed by atoms with Crippen LogP contribution in [0.1, 0.15) is 44.2 Å². The van der Waals surface area contributed by atoms with Crippen molar-refractivity contribution < 1.29 is 0 Å². The van der Waals surface area contributed by atoms with E-state index >= 15 is 0 Å². The third-order valence-corrected chi connectivity index (χ3v) is 4.75. The molecule has 3 rings (SSSR count). The summed E-state index contributed by atoms with van der Waals surface area (Å²) in [6, 6.07) is 0.276. The zero-order valence-electron chi connectivity index (χ0n) is 10.7. The summed E-state index contributed by atoms with van der Waals surface area (Å²) < 4.78 is 2.09. The molecule has 3 nitrogen and oxygen atoms in total. The lowest BCUT2D eigenvalue weighted by Crippen LogP contribution is -2.27. The number of thiazole rings is 1. The minimum Gasteiger partial charge on any atom is -0.327 e. The summed E-state index contributed by atoms with van der Waals surface area (Å²) in [4.78, 5) is 5.69. The summed E-state index contributed by atoms with van der Waals surface area (Å²) in [5.41, 5.74) is 7.42. The molecule has 0 radical (unpaired) electrons.